The molecular weight excluding hydrogens is 489 g/mol. The monoisotopic (exact) mass is 547 g/mol. The maximum atomic E-state index is 9.97. The lowest BCUT2D eigenvalue weighted by Crippen LogP contribution is -1.91. The summed E-state index contributed by atoms with van der Waals surface area (Å²) >= 11 is 11.8. The van der Waals surface area contributed by atoms with Crippen molar-refractivity contribution in [3.8, 4) is 0 Å². The van der Waals surface area contributed by atoms with Gasteiger partial charge in [0.2, 0.25) is 13.5 Å². The summed E-state index contributed by atoms with van der Waals surface area (Å²) in [5.74, 6) is 0. The summed E-state index contributed by atoms with van der Waals surface area (Å²) < 4.78 is 0. The number of carbonyl (C=O) groups excluding carboxylic acids is 1. The second-order valence-corrected chi connectivity index (χ2v) is 15.9. The molecule has 0 fully saturated rings. The van der Waals surface area contributed by atoms with Gasteiger partial charge in [-0.05, 0) is 12.5 Å². The van der Waals surface area contributed by atoms with E-state index in [1.54, 1.807) is 6.08 Å². The van der Waals surface area contributed by atoms with Crippen LogP contribution in [0.5, 0.6) is 0 Å². The van der Waals surface area contributed by atoms with Crippen molar-refractivity contribution in [3.05, 3.63) is 0 Å². The summed E-state index contributed by atoms with van der Waals surface area (Å²) in [5.41, 5.74) is 0. The van der Waals surface area contributed by atoms with Crippen molar-refractivity contribution in [2.45, 2.75) is 179 Å². The normalized spacial score (nSPS) is 11.3. The van der Waals surface area contributed by atoms with E-state index in [4.69, 9.17) is 22.2 Å². The molecule has 0 aliphatic carbocycles. The second-order valence-electron chi connectivity index (χ2n) is 10.7. The zero-order chi connectivity index (χ0) is 25.5. The van der Waals surface area contributed by atoms with Gasteiger partial charge >= 0.3 is 0 Å². The number of hydrogen-bond acceptors (Lipinski definition) is 2. The lowest BCUT2D eigenvalue weighted by atomic mass is 10.0. The van der Waals surface area contributed by atoms with Crippen LogP contribution in [-0.2, 0) is 4.79 Å². The molecule has 0 saturated heterocycles. The minimum absolute atomic E-state index is 0.666. The molecule has 0 aromatic heterocycles. The van der Waals surface area contributed by atoms with Crippen LogP contribution in [-0.4, -0.2) is 20.0 Å². The van der Waals surface area contributed by atoms with Crippen molar-refractivity contribution in [3.63, 3.8) is 0 Å². The summed E-state index contributed by atoms with van der Waals surface area (Å²) in [6, 6.07) is 1.09. The van der Waals surface area contributed by atoms with E-state index in [1.807, 2.05) is 0 Å². The standard InChI is InChI=1S/C30H59Cl2NOSi/c31-35(32)29-27-25-23-21-19-17-15-13-11-9-7-5-3-1-2-4-6-8-10-12-14-16-18-20-22-24-26-28-33-30-34/h35H,1-29H2. The predicted octanol–water partition coefficient (Wildman–Crippen LogP) is 11.6. The molecule has 0 spiro atoms. The van der Waals surface area contributed by atoms with Gasteiger partial charge in [0.25, 0.3) is 0 Å². The maximum Gasteiger partial charge on any atom is 0.237 e. The largest absolute Gasteiger partial charge is 0.237 e. The third kappa shape index (κ3) is 34.2. The molecule has 2 nitrogen and oxygen atoms in total. The highest BCUT2D eigenvalue weighted by Gasteiger charge is 2.00. The first-order chi connectivity index (χ1) is 17.3. The molecule has 0 aliphatic rings. The van der Waals surface area contributed by atoms with E-state index >= 15 is 0 Å². The number of unbranched alkanes of at least 4 members (excludes halogenated alkanes) is 26. The Bertz CT molecular complexity index is 444. The first-order valence-corrected chi connectivity index (χ1v) is 19.9. The SMILES string of the molecule is O=C=NCCCCCCCCCCCCCCCCCCCCCCCCCCCCC[SiH](Cl)Cl. The van der Waals surface area contributed by atoms with Crippen LogP contribution in [0.25, 0.3) is 0 Å². The van der Waals surface area contributed by atoms with Gasteiger partial charge in [0, 0.05) is 0 Å². The van der Waals surface area contributed by atoms with E-state index in [-0.39, 0.29) is 0 Å². The lowest BCUT2D eigenvalue weighted by molar-refractivity contribution is 0.515. The molecule has 0 saturated carbocycles. The minimum atomic E-state index is -1.34. The summed E-state index contributed by atoms with van der Waals surface area (Å²) in [4.78, 5) is 13.6. The first-order valence-electron chi connectivity index (χ1n) is 15.6. The fraction of sp³-hybridized carbons (Fsp3) is 0.967. The van der Waals surface area contributed by atoms with Crippen LogP contribution in [0.3, 0.4) is 0 Å². The summed E-state index contributed by atoms with van der Waals surface area (Å²) in [7, 11) is -1.34. The van der Waals surface area contributed by atoms with E-state index in [1.165, 1.54) is 167 Å². The Morgan fingerprint density at radius 2 is 0.629 bits per heavy atom. The molecule has 0 N–H and O–H groups in total. The van der Waals surface area contributed by atoms with E-state index in [2.05, 4.69) is 4.99 Å². The minimum Gasteiger partial charge on any atom is -0.211 e. The quantitative estimate of drug-likeness (QED) is 0.0288. The molecule has 5 heteroatoms. The van der Waals surface area contributed by atoms with Crippen LogP contribution in [0.15, 0.2) is 4.99 Å². The highest BCUT2D eigenvalue weighted by atomic mass is 35.7. The number of rotatable bonds is 30. The van der Waals surface area contributed by atoms with Crippen molar-refractivity contribution in [2.24, 2.45) is 4.99 Å². The molecule has 208 valence electrons. The molecule has 0 bridgehead atoms. The molecule has 0 heterocycles. The smallest absolute Gasteiger partial charge is 0.211 e. The molecule has 35 heavy (non-hydrogen) atoms. The van der Waals surface area contributed by atoms with Crippen LogP contribution < -0.4 is 0 Å². The number of nitrogens with zero attached hydrogens (tertiary/aromatic N) is 1. The molecule has 0 radical (unpaired) electrons. The molecule has 0 aromatic carbocycles. The first kappa shape index (κ1) is 35.2. The molecule has 0 unspecified atom stereocenters. The van der Waals surface area contributed by atoms with E-state index in [0.29, 0.717) is 6.54 Å². The van der Waals surface area contributed by atoms with Crippen LogP contribution in [0, 0.1) is 0 Å². The fourth-order valence-electron chi connectivity index (χ4n) is 4.95. The van der Waals surface area contributed by atoms with Gasteiger partial charge in [-0.1, -0.05) is 167 Å². The van der Waals surface area contributed by atoms with Gasteiger partial charge < -0.3 is 0 Å². The van der Waals surface area contributed by atoms with Gasteiger partial charge in [-0.15, -0.1) is 0 Å². The highest BCUT2D eigenvalue weighted by Crippen LogP contribution is 2.17. The van der Waals surface area contributed by atoms with Gasteiger partial charge in [0.05, 0.1) is 6.54 Å². The zero-order valence-electron chi connectivity index (χ0n) is 23.2. The van der Waals surface area contributed by atoms with Gasteiger partial charge in [-0.3, -0.25) is 0 Å². The van der Waals surface area contributed by atoms with Gasteiger partial charge in [-0.25, -0.2) is 9.79 Å². The van der Waals surface area contributed by atoms with E-state index in [9.17, 15) is 4.79 Å². The Balaban J connectivity index is 3.02. The predicted molar refractivity (Wildman–Crippen MR) is 161 cm³/mol. The third-order valence-electron chi connectivity index (χ3n) is 7.26. The van der Waals surface area contributed by atoms with Crippen molar-refractivity contribution in [1.82, 2.24) is 0 Å². The van der Waals surface area contributed by atoms with Crippen LogP contribution in [0.2, 0.25) is 6.04 Å². The molecular formula is C30H59Cl2NOSi. The van der Waals surface area contributed by atoms with Gasteiger partial charge in [-0.2, -0.15) is 22.2 Å². The Morgan fingerprint density at radius 3 is 0.857 bits per heavy atom. The second kappa shape index (κ2) is 32.2. The molecule has 0 aromatic rings. The average Bonchev–Trinajstić information content (AvgIpc) is 2.85. The fourth-order valence-corrected chi connectivity index (χ4v) is 6.48. The van der Waals surface area contributed by atoms with Crippen molar-refractivity contribution >= 4 is 35.7 Å². The van der Waals surface area contributed by atoms with Crippen LogP contribution in [0.1, 0.15) is 173 Å². The highest BCUT2D eigenvalue weighted by molar-refractivity contribution is 7.33. The number of aliphatic imine (C=N–C) groups is 1. The molecule has 0 rings (SSSR count). The Kier molecular flexibility index (Phi) is 32.4. The summed E-state index contributed by atoms with van der Waals surface area (Å²) in [6.45, 7) is 0.666. The number of hydrogen-bond donors (Lipinski definition) is 0. The average molecular weight is 549 g/mol. The number of isocyanates is 1. The lowest BCUT2D eigenvalue weighted by Gasteiger charge is -2.04. The summed E-state index contributed by atoms with van der Waals surface area (Å²) in [6.07, 6.45) is 39.2. The van der Waals surface area contributed by atoms with Crippen molar-refractivity contribution < 1.29 is 4.79 Å². The van der Waals surface area contributed by atoms with Gasteiger partial charge in [0.15, 0.2) is 0 Å². The number of halogens is 2. The Hall–Kier alpha value is 0.177. The van der Waals surface area contributed by atoms with Crippen molar-refractivity contribution in [2.75, 3.05) is 6.54 Å². The van der Waals surface area contributed by atoms with Gasteiger partial charge in [0.1, 0.15) is 0 Å². The molecule has 0 aliphatic heterocycles. The van der Waals surface area contributed by atoms with Crippen molar-refractivity contribution in [1.29, 1.82) is 0 Å². The molecule has 0 atom stereocenters. The van der Waals surface area contributed by atoms with E-state index in [0.717, 1.165) is 12.5 Å². The Morgan fingerprint density at radius 1 is 0.400 bits per heavy atom. The molecule has 0 amide bonds. The van der Waals surface area contributed by atoms with Crippen LogP contribution >= 0.6 is 22.2 Å². The van der Waals surface area contributed by atoms with Crippen LogP contribution in [0.4, 0.5) is 0 Å². The summed E-state index contributed by atoms with van der Waals surface area (Å²) in [5, 5.41) is 0. The maximum absolute atomic E-state index is 9.97. The zero-order valence-corrected chi connectivity index (χ0v) is 25.9. The third-order valence-corrected chi connectivity index (χ3v) is 9.41. The topological polar surface area (TPSA) is 29.4 Å². The Labute approximate surface area is 230 Å². The van der Waals surface area contributed by atoms with E-state index < -0.39 is 7.42 Å².